The molecule has 166 valence electrons. The molecule has 31 heavy (non-hydrogen) atoms. The fourth-order valence-corrected chi connectivity index (χ4v) is 4.08. The van der Waals surface area contributed by atoms with E-state index in [2.05, 4.69) is 5.32 Å². The zero-order chi connectivity index (χ0) is 22.5. The smallest absolute Gasteiger partial charge is 0.326 e. The molecule has 1 aliphatic rings. The maximum absolute atomic E-state index is 13.3. The van der Waals surface area contributed by atoms with Gasteiger partial charge < -0.3 is 24.8 Å². The Morgan fingerprint density at radius 2 is 1.77 bits per heavy atom. The van der Waals surface area contributed by atoms with Crippen molar-refractivity contribution in [3.8, 4) is 11.5 Å². The third-order valence-corrected chi connectivity index (χ3v) is 5.55. The molecule has 0 saturated heterocycles. The highest BCUT2D eigenvalue weighted by Crippen LogP contribution is 2.41. The maximum atomic E-state index is 13.3. The van der Waals surface area contributed by atoms with Crippen molar-refractivity contribution < 1.29 is 24.2 Å². The summed E-state index contributed by atoms with van der Waals surface area (Å²) in [5, 5.41) is 12.3. The first-order valence-corrected chi connectivity index (χ1v) is 10.4. The minimum absolute atomic E-state index is 0.144. The number of hydrogen-bond acceptors (Lipinski definition) is 4. The summed E-state index contributed by atoms with van der Waals surface area (Å²) in [4.78, 5) is 26.7. The zero-order valence-corrected chi connectivity index (χ0v) is 18.4. The molecule has 2 amide bonds. The highest BCUT2D eigenvalue weighted by Gasteiger charge is 2.35. The summed E-state index contributed by atoms with van der Waals surface area (Å²) in [7, 11) is 3.18. The van der Waals surface area contributed by atoms with E-state index in [4.69, 9.17) is 9.47 Å². The standard InChI is InChI=1S/C24H30N2O5/c1-15(2)12-19(23(27)28)25-24(29)26-11-10-17-13-20(30-3)21(31-4)14-18(17)22(26)16-8-6-5-7-9-16/h5-9,13-15,19,22H,10-12H2,1-4H3,(H,25,29)(H,27,28)/t19-,22+/m0/s1. The lowest BCUT2D eigenvalue weighted by molar-refractivity contribution is -0.139. The molecule has 0 bridgehead atoms. The number of urea groups is 1. The van der Waals surface area contributed by atoms with Crippen molar-refractivity contribution in [3.05, 3.63) is 59.2 Å². The first-order valence-electron chi connectivity index (χ1n) is 10.4. The topological polar surface area (TPSA) is 88.1 Å². The van der Waals surface area contributed by atoms with Crippen LogP contribution in [0.3, 0.4) is 0 Å². The van der Waals surface area contributed by atoms with Crippen molar-refractivity contribution in [2.75, 3.05) is 20.8 Å². The molecule has 7 heteroatoms. The van der Waals surface area contributed by atoms with Gasteiger partial charge in [-0.3, -0.25) is 0 Å². The number of carbonyl (C=O) groups excluding carboxylic acids is 1. The average Bonchev–Trinajstić information content (AvgIpc) is 2.76. The lowest BCUT2D eigenvalue weighted by Crippen LogP contribution is -2.51. The monoisotopic (exact) mass is 426 g/mol. The zero-order valence-electron chi connectivity index (χ0n) is 18.4. The minimum Gasteiger partial charge on any atom is -0.493 e. The molecule has 2 atom stereocenters. The van der Waals surface area contributed by atoms with Crippen LogP contribution < -0.4 is 14.8 Å². The second-order valence-electron chi connectivity index (χ2n) is 8.13. The van der Waals surface area contributed by atoms with Gasteiger partial charge in [0.05, 0.1) is 20.3 Å². The van der Waals surface area contributed by atoms with Crippen LogP contribution in [0.5, 0.6) is 11.5 Å². The Labute approximate surface area is 183 Å². The Morgan fingerprint density at radius 3 is 2.35 bits per heavy atom. The van der Waals surface area contributed by atoms with E-state index in [1.54, 1.807) is 19.1 Å². The predicted molar refractivity (Wildman–Crippen MR) is 118 cm³/mol. The van der Waals surface area contributed by atoms with Crippen LogP contribution in [-0.2, 0) is 11.2 Å². The van der Waals surface area contributed by atoms with Crippen molar-refractivity contribution in [1.82, 2.24) is 10.2 Å². The molecular weight excluding hydrogens is 396 g/mol. The van der Waals surface area contributed by atoms with Gasteiger partial charge in [-0.05, 0) is 47.6 Å². The van der Waals surface area contributed by atoms with E-state index in [-0.39, 0.29) is 18.0 Å². The Bertz CT molecular complexity index is 929. The number of nitrogens with zero attached hydrogens (tertiary/aromatic N) is 1. The van der Waals surface area contributed by atoms with Gasteiger partial charge in [-0.25, -0.2) is 9.59 Å². The lowest BCUT2D eigenvalue weighted by Gasteiger charge is -2.38. The number of benzene rings is 2. The summed E-state index contributed by atoms with van der Waals surface area (Å²) in [6.07, 6.45) is 1.00. The third kappa shape index (κ3) is 4.93. The summed E-state index contributed by atoms with van der Waals surface area (Å²) in [5.74, 6) is 0.355. The van der Waals surface area contributed by atoms with Gasteiger partial charge in [-0.2, -0.15) is 0 Å². The van der Waals surface area contributed by atoms with Crippen molar-refractivity contribution in [3.63, 3.8) is 0 Å². The Kier molecular flexibility index (Phi) is 7.05. The van der Waals surface area contributed by atoms with E-state index in [0.29, 0.717) is 30.9 Å². The number of aliphatic carboxylic acids is 1. The van der Waals surface area contributed by atoms with Crippen LogP contribution in [0.4, 0.5) is 4.79 Å². The predicted octanol–water partition coefficient (Wildman–Crippen LogP) is 3.86. The number of methoxy groups -OCH3 is 2. The van der Waals surface area contributed by atoms with E-state index < -0.39 is 12.0 Å². The molecule has 3 rings (SSSR count). The highest BCUT2D eigenvalue weighted by atomic mass is 16.5. The van der Waals surface area contributed by atoms with Gasteiger partial charge in [-0.15, -0.1) is 0 Å². The Balaban J connectivity index is 2.01. The molecule has 2 N–H and O–H groups in total. The molecule has 0 aromatic heterocycles. The lowest BCUT2D eigenvalue weighted by atomic mass is 9.88. The molecule has 2 aromatic rings. The van der Waals surface area contributed by atoms with Gasteiger partial charge in [0.25, 0.3) is 0 Å². The van der Waals surface area contributed by atoms with Crippen molar-refractivity contribution >= 4 is 12.0 Å². The van der Waals surface area contributed by atoms with E-state index in [1.807, 2.05) is 56.3 Å². The highest BCUT2D eigenvalue weighted by molar-refractivity contribution is 5.83. The van der Waals surface area contributed by atoms with Crippen molar-refractivity contribution in [1.29, 1.82) is 0 Å². The summed E-state index contributed by atoms with van der Waals surface area (Å²) in [6, 6.07) is 11.9. The van der Waals surface area contributed by atoms with E-state index >= 15 is 0 Å². The first-order chi connectivity index (χ1) is 14.8. The number of hydrogen-bond donors (Lipinski definition) is 2. The SMILES string of the molecule is COc1cc2c(cc1OC)[C@@H](c1ccccc1)N(C(=O)N[C@@H](CC(C)C)C(=O)O)CC2. The summed E-state index contributed by atoms with van der Waals surface area (Å²) < 4.78 is 11.0. The second kappa shape index (κ2) is 9.73. The molecular formula is C24H30N2O5. The molecule has 0 radical (unpaired) electrons. The van der Waals surface area contributed by atoms with Crippen LogP contribution in [0.25, 0.3) is 0 Å². The second-order valence-corrected chi connectivity index (χ2v) is 8.13. The average molecular weight is 427 g/mol. The number of nitrogens with one attached hydrogen (secondary N) is 1. The maximum Gasteiger partial charge on any atom is 0.326 e. The fourth-order valence-electron chi connectivity index (χ4n) is 4.08. The number of amides is 2. The summed E-state index contributed by atoms with van der Waals surface area (Å²) >= 11 is 0. The quantitative estimate of drug-likeness (QED) is 0.702. The number of rotatable bonds is 7. The molecule has 7 nitrogen and oxygen atoms in total. The number of carboxylic acids is 1. The molecule has 2 aromatic carbocycles. The van der Waals surface area contributed by atoms with E-state index in [0.717, 1.165) is 16.7 Å². The molecule has 0 fully saturated rings. The normalized spacial score (nSPS) is 16.4. The number of carboxylic acid groups (broad SMARTS) is 1. The molecule has 0 saturated carbocycles. The van der Waals surface area contributed by atoms with Crippen LogP contribution in [-0.4, -0.2) is 48.8 Å². The molecule has 0 spiro atoms. The number of ether oxygens (including phenoxy) is 2. The van der Waals surface area contributed by atoms with E-state index in [9.17, 15) is 14.7 Å². The van der Waals surface area contributed by atoms with Crippen LogP contribution >= 0.6 is 0 Å². The van der Waals surface area contributed by atoms with Gasteiger partial charge in [0.15, 0.2) is 11.5 Å². The van der Waals surface area contributed by atoms with Crippen molar-refractivity contribution in [2.24, 2.45) is 5.92 Å². The number of carbonyl (C=O) groups is 2. The van der Waals surface area contributed by atoms with Crippen LogP contribution in [0.1, 0.15) is 43.0 Å². The van der Waals surface area contributed by atoms with Crippen LogP contribution in [0, 0.1) is 5.92 Å². The summed E-state index contributed by atoms with van der Waals surface area (Å²) in [6.45, 7) is 4.33. The molecule has 0 aliphatic carbocycles. The minimum atomic E-state index is -1.03. The Hall–Kier alpha value is -3.22. The third-order valence-electron chi connectivity index (χ3n) is 5.55. The number of fused-ring (bicyclic) bond motifs is 1. The van der Waals surface area contributed by atoms with Gasteiger partial charge in [-0.1, -0.05) is 44.2 Å². The van der Waals surface area contributed by atoms with Gasteiger partial charge in [0, 0.05) is 6.54 Å². The van der Waals surface area contributed by atoms with Crippen molar-refractivity contribution in [2.45, 2.75) is 38.8 Å². The van der Waals surface area contributed by atoms with Crippen LogP contribution in [0.2, 0.25) is 0 Å². The largest absolute Gasteiger partial charge is 0.493 e. The molecule has 1 aliphatic heterocycles. The van der Waals surface area contributed by atoms with Crippen LogP contribution in [0.15, 0.2) is 42.5 Å². The van der Waals surface area contributed by atoms with E-state index in [1.165, 1.54) is 0 Å². The Morgan fingerprint density at radius 1 is 1.13 bits per heavy atom. The molecule has 1 heterocycles. The van der Waals surface area contributed by atoms with Gasteiger partial charge in [0.1, 0.15) is 6.04 Å². The fraction of sp³-hybridized carbons (Fsp3) is 0.417. The van der Waals surface area contributed by atoms with Gasteiger partial charge >= 0.3 is 12.0 Å². The summed E-state index contributed by atoms with van der Waals surface area (Å²) in [5.41, 5.74) is 2.97. The molecule has 0 unspecified atom stereocenters. The first kappa shape index (κ1) is 22.5. The van der Waals surface area contributed by atoms with Gasteiger partial charge in [0.2, 0.25) is 0 Å².